The Hall–Kier alpha value is -3.56. The van der Waals surface area contributed by atoms with Gasteiger partial charge in [0.15, 0.2) is 0 Å². The van der Waals surface area contributed by atoms with Crippen LogP contribution in [0.15, 0.2) is 77.7 Å². The molecule has 0 aliphatic heterocycles. The molecule has 1 N–H and O–H groups in total. The third kappa shape index (κ3) is 7.74. The minimum Gasteiger partial charge on any atom is -0.497 e. The van der Waals surface area contributed by atoms with E-state index in [9.17, 15) is 18.0 Å². The van der Waals surface area contributed by atoms with Gasteiger partial charge in [-0.3, -0.25) is 13.9 Å². The van der Waals surface area contributed by atoms with Crippen LogP contribution >= 0.6 is 11.6 Å². The van der Waals surface area contributed by atoms with Gasteiger partial charge in [0.05, 0.1) is 17.7 Å². The van der Waals surface area contributed by atoms with E-state index in [2.05, 4.69) is 5.32 Å². The van der Waals surface area contributed by atoms with Crippen molar-refractivity contribution in [3.63, 3.8) is 0 Å². The summed E-state index contributed by atoms with van der Waals surface area (Å²) in [4.78, 5) is 28.2. The molecule has 0 heterocycles. The summed E-state index contributed by atoms with van der Waals surface area (Å²) in [5.74, 6) is -0.366. The second-order valence-electron chi connectivity index (χ2n) is 9.51. The smallest absolute Gasteiger partial charge is 0.264 e. The molecule has 208 valence electrons. The number of sulfonamides is 1. The van der Waals surface area contributed by atoms with E-state index in [1.165, 1.54) is 48.4 Å². The third-order valence-electron chi connectivity index (χ3n) is 6.07. The maximum atomic E-state index is 13.9. The molecule has 3 aromatic carbocycles. The van der Waals surface area contributed by atoms with Crippen LogP contribution < -0.4 is 14.4 Å². The highest BCUT2D eigenvalue weighted by Crippen LogP contribution is 2.27. The van der Waals surface area contributed by atoms with Crippen molar-refractivity contribution in [2.45, 2.75) is 51.2 Å². The number of benzene rings is 3. The topological polar surface area (TPSA) is 96.0 Å². The minimum absolute atomic E-state index is 0.0121. The lowest BCUT2D eigenvalue weighted by Crippen LogP contribution is -2.52. The van der Waals surface area contributed by atoms with E-state index in [0.29, 0.717) is 10.8 Å². The Bertz CT molecular complexity index is 1390. The van der Waals surface area contributed by atoms with Crippen LogP contribution in [0, 0.1) is 6.92 Å². The van der Waals surface area contributed by atoms with E-state index < -0.39 is 28.5 Å². The molecule has 0 unspecified atom stereocenters. The van der Waals surface area contributed by atoms with Crippen LogP contribution in [0.2, 0.25) is 5.02 Å². The van der Waals surface area contributed by atoms with E-state index in [1.807, 2.05) is 45.0 Å². The van der Waals surface area contributed by atoms with Crippen LogP contribution in [0.3, 0.4) is 0 Å². The van der Waals surface area contributed by atoms with Gasteiger partial charge in [-0.2, -0.15) is 0 Å². The van der Waals surface area contributed by atoms with Gasteiger partial charge in [-0.05, 0) is 81.8 Å². The SMILES string of the molecule is COc1ccc(S(=O)(=O)N(CC(=O)N(Cc2cccc(C)c2)[C@H](C)C(=O)NC(C)C)c2ccc(Cl)cc2)cc1. The standard InChI is InChI=1S/C29H34ClN3O5S/c1-20(2)31-29(35)22(4)32(18-23-8-6-7-21(3)17-23)28(34)19-33(25-11-9-24(30)10-12-25)39(36,37)27-15-13-26(38-5)14-16-27/h6-17,20,22H,18-19H2,1-5H3,(H,31,35)/t22-/m1/s1. The number of nitrogens with one attached hydrogen (secondary N) is 1. The van der Waals surface area contributed by atoms with Gasteiger partial charge >= 0.3 is 0 Å². The molecule has 3 aromatic rings. The number of methoxy groups -OCH3 is 1. The van der Waals surface area contributed by atoms with Gasteiger partial charge in [0.25, 0.3) is 10.0 Å². The normalized spacial score (nSPS) is 12.1. The van der Waals surface area contributed by atoms with Crippen molar-refractivity contribution in [2.75, 3.05) is 18.0 Å². The largest absolute Gasteiger partial charge is 0.497 e. The molecule has 0 aliphatic rings. The molecule has 0 saturated carbocycles. The molecule has 0 radical (unpaired) electrons. The molecule has 39 heavy (non-hydrogen) atoms. The van der Waals surface area contributed by atoms with Gasteiger partial charge in [0, 0.05) is 17.6 Å². The number of halogens is 1. The summed E-state index contributed by atoms with van der Waals surface area (Å²) in [5.41, 5.74) is 2.09. The lowest BCUT2D eigenvalue weighted by Gasteiger charge is -2.32. The first-order valence-corrected chi connectivity index (χ1v) is 14.3. The lowest BCUT2D eigenvalue weighted by molar-refractivity contribution is -0.139. The van der Waals surface area contributed by atoms with E-state index in [-0.39, 0.29) is 29.1 Å². The molecule has 0 aromatic heterocycles. The highest BCUT2D eigenvalue weighted by Gasteiger charge is 2.32. The molecular formula is C29H34ClN3O5S. The van der Waals surface area contributed by atoms with Crippen molar-refractivity contribution >= 4 is 39.1 Å². The Balaban J connectivity index is 2.03. The Kier molecular flexibility index (Phi) is 9.99. The predicted octanol–water partition coefficient (Wildman–Crippen LogP) is 4.79. The van der Waals surface area contributed by atoms with Gasteiger partial charge in [0.2, 0.25) is 11.8 Å². The number of carbonyl (C=O) groups excluding carboxylic acids is 2. The lowest BCUT2D eigenvalue weighted by atomic mass is 10.1. The number of carbonyl (C=O) groups is 2. The van der Waals surface area contributed by atoms with Crippen LogP contribution in [-0.2, 0) is 26.2 Å². The van der Waals surface area contributed by atoms with Crippen LogP contribution in [0.4, 0.5) is 5.69 Å². The van der Waals surface area contributed by atoms with Crippen molar-refractivity contribution < 1.29 is 22.7 Å². The third-order valence-corrected chi connectivity index (χ3v) is 8.11. The Morgan fingerprint density at radius 1 is 0.974 bits per heavy atom. The van der Waals surface area contributed by atoms with Crippen molar-refractivity contribution in [1.29, 1.82) is 0 Å². The highest BCUT2D eigenvalue weighted by atomic mass is 35.5. The summed E-state index contributed by atoms with van der Waals surface area (Å²) in [6.07, 6.45) is 0. The van der Waals surface area contributed by atoms with Gasteiger partial charge in [-0.15, -0.1) is 0 Å². The Morgan fingerprint density at radius 2 is 1.62 bits per heavy atom. The van der Waals surface area contributed by atoms with Crippen molar-refractivity contribution in [3.8, 4) is 5.75 Å². The number of amides is 2. The summed E-state index contributed by atoms with van der Waals surface area (Å²) in [5, 5.41) is 3.27. The summed E-state index contributed by atoms with van der Waals surface area (Å²) in [6, 6.07) is 18.7. The molecule has 8 nitrogen and oxygen atoms in total. The molecular weight excluding hydrogens is 538 g/mol. The van der Waals surface area contributed by atoms with Crippen LogP contribution in [0.5, 0.6) is 5.75 Å². The van der Waals surface area contributed by atoms with Crippen LogP contribution in [0.1, 0.15) is 31.9 Å². The molecule has 10 heteroatoms. The van der Waals surface area contributed by atoms with E-state index in [0.717, 1.165) is 15.4 Å². The van der Waals surface area contributed by atoms with Crippen molar-refractivity contribution in [1.82, 2.24) is 10.2 Å². The second kappa shape index (κ2) is 13.0. The number of anilines is 1. The molecule has 1 atom stereocenters. The first-order valence-electron chi connectivity index (χ1n) is 12.5. The summed E-state index contributed by atoms with van der Waals surface area (Å²) >= 11 is 6.06. The average molecular weight is 572 g/mol. The first kappa shape index (κ1) is 30.0. The van der Waals surface area contributed by atoms with Crippen molar-refractivity contribution in [2.24, 2.45) is 0 Å². The van der Waals surface area contributed by atoms with E-state index in [1.54, 1.807) is 19.1 Å². The Morgan fingerprint density at radius 3 is 2.18 bits per heavy atom. The van der Waals surface area contributed by atoms with E-state index in [4.69, 9.17) is 16.3 Å². The Labute approximate surface area is 235 Å². The number of ether oxygens (including phenoxy) is 1. The summed E-state index contributed by atoms with van der Waals surface area (Å²) in [7, 11) is -2.69. The summed E-state index contributed by atoms with van der Waals surface area (Å²) in [6.45, 7) is 6.84. The van der Waals surface area contributed by atoms with Crippen LogP contribution in [-0.4, -0.2) is 50.9 Å². The monoisotopic (exact) mass is 571 g/mol. The number of rotatable bonds is 11. The zero-order chi connectivity index (χ0) is 28.7. The van der Waals surface area contributed by atoms with E-state index >= 15 is 0 Å². The molecule has 3 rings (SSSR count). The second-order valence-corrected chi connectivity index (χ2v) is 11.8. The van der Waals surface area contributed by atoms with Crippen LogP contribution in [0.25, 0.3) is 0 Å². The van der Waals surface area contributed by atoms with Gasteiger partial charge in [0.1, 0.15) is 18.3 Å². The molecule has 0 aliphatic carbocycles. The fourth-order valence-electron chi connectivity index (χ4n) is 4.01. The number of aryl methyl sites for hydroxylation is 1. The molecule has 0 fully saturated rings. The highest BCUT2D eigenvalue weighted by molar-refractivity contribution is 7.92. The van der Waals surface area contributed by atoms with Crippen molar-refractivity contribution in [3.05, 3.63) is 88.9 Å². The fourth-order valence-corrected chi connectivity index (χ4v) is 5.55. The minimum atomic E-state index is -4.18. The first-order chi connectivity index (χ1) is 18.4. The van der Waals surface area contributed by atoms with Gasteiger partial charge in [-0.25, -0.2) is 8.42 Å². The number of nitrogens with zero attached hydrogens (tertiary/aromatic N) is 2. The number of hydrogen-bond donors (Lipinski definition) is 1. The average Bonchev–Trinajstić information content (AvgIpc) is 2.90. The maximum absolute atomic E-state index is 13.9. The molecule has 0 saturated heterocycles. The zero-order valence-corrected chi connectivity index (χ0v) is 24.3. The molecule has 0 spiro atoms. The maximum Gasteiger partial charge on any atom is 0.264 e. The molecule has 2 amide bonds. The van der Waals surface area contributed by atoms with Gasteiger partial charge in [-0.1, -0.05) is 41.4 Å². The fraction of sp³-hybridized carbons (Fsp3) is 0.310. The number of hydrogen-bond acceptors (Lipinski definition) is 5. The predicted molar refractivity (Wildman–Crippen MR) is 153 cm³/mol. The molecule has 0 bridgehead atoms. The zero-order valence-electron chi connectivity index (χ0n) is 22.7. The summed E-state index contributed by atoms with van der Waals surface area (Å²) < 4.78 is 33.8. The quantitative estimate of drug-likeness (QED) is 0.357. The van der Waals surface area contributed by atoms with Gasteiger partial charge < -0.3 is 15.0 Å².